The van der Waals surface area contributed by atoms with E-state index in [1.807, 2.05) is 31.2 Å². The number of nitrogens with two attached hydrogens (primary N) is 1. The molecular weight excluding hydrogens is 274 g/mol. The molecule has 0 spiro atoms. The zero-order chi connectivity index (χ0) is 14.8. The normalized spacial score (nSPS) is 17.8. The minimum Gasteiger partial charge on any atom is -0.370 e. The third-order valence-corrected chi connectivity index (χ3v) is 4.57. The lowest BCUT2D eigenvalue weighted by Crippen LogP contribution is -2.26. The molecule has 6 heteroatoms. The van der Waals surface area contributed by atoms with Gasteiger partial charge in [0, 0.05) is 23.9 Å². The van der Waals surface area contributed by atoms with Crippen molar-refractivity contribution in [3.63, 3.8) is 0 Å². The summed E-state index contributed by atoms with van der Waals surface area (Å²) in [7, 11) is -2.96. The summed E-state index contributed by atoms with van der Waals surface area (Å²) in [6.45, 7) is 2.48. The Morgan fingerprint density at radius 1 is 1.35 bits per heavy atom. The van der Waals surface area contributed by atoms with Crippen LogP contribution in [0.25, 0.3) is 0 Å². The van der Waals surface area contributed by atoms with Crippen molar-refractivity contribution in [1.82, 2.24) is 0 Å². The summed E-state index contributed by atoms with van der Waals surface area (Å²) in [5.74, 6) is 0.523. The summed E-state index contributed by atoms with van der Waals surface area (Å²) >= 11 is 0. The van der Waals surface area contributed by atoms with Crippen molar-refractivity contribution < 1.29 is 8.42 Å². The van der Waals surface area contributed by atoms with Crippen LogP contribution >= 0.6 is 0 Å². The van der Waals surface area contributed by atoms with E-state index >= 15 is 0 Å². The van der Waals surface area contributed by atoms with Crippen LogP contribution in [0.15, 0.2) is 29.3 Å². The molecule has 1 aromatic carbocycles. The molecule has 5 nitrogen and oxygen atoms in total. The minimum atomic E-state index is -2.96. The molecule has 0 aliphatic heterocycles. The van der Waals surface area contributed by atoms with Crippen LogP contribution in [-0.2, 0) is 9.84 Å². The molecule has 1 saturated carbocycles. The third-order valence-electron chi connectivity index (χ3n) is 3.43. The van der Waals surface area contributed by atoms with Gasteiger partial charge < -0.3 is 11.1 Å². The smallest absolute Gasteiger partial charge is 0.193 e. The molecular formula is C14H21N3O2S. The lowest BCUT2D eigenvalue weighted by Gasteiger charge is -2.12. The zero-order valence-corrected chi connectivity index (χ0v) is 12.7. The molecule has 0 radical (unpaired) electrons. The molecule has 20 heavy (non-hydrogen) atoms. The fraction of sp³-hybridized carbons (Fsp3) is 0.500. The van der Waals surface area contributed by atoms with Gasteiger partial charge in [-0.25, -0.2) is 8.42 Å². The van der Waals surface area contributed by atoms with Crippen molar-refractivity contribution in [1.29, 1.82) is 0 Å². The number of anilines is 1. The fourth-order valence-corrected chi connectivity index (χ4v) is 3.65. The average Bonchev–Trinajstić information content (AvgIpc) is 3.08. The standard InChI is InChI=1S/C14H21N3O2S/c1-11-3-5-12(6-4-11)17-13(15)16-9-14(7-8-14)10-20(2,18)19/h3-6H,7-10H2,1-2H3,(H3,15,16,17). The second kappa shape index (κ2) is 5.44. The molecule has 0 atom stereocenters. The van der Waals surface area contributed by atoms with E-state index in [1.54, 1.807) is 0 Å². The summed E-state index contributed by atoms with van der Waals surface area (Å²) in [6.07, 6.45) is 3.08. The number of aryl methyl sites for hydroxylation is 1. The van der Waals surface area contributed by atoms with E-state index in [-0.39, 0.29) is 11.2 Å². The van der Waals surface area contributed by atoms with Gasteiger partial charge in [-0.2, -0.15) is 0 Å². The number of nitrogens with zero attached hydrogens (tertiary/aromatic N) is 1. The van der Waals surface area contributed by atoms with Crippen LogP contribution < -0.4 is 11.1 Å². The highest BCUT2D eigenvalue weighted by Crippen LogP contribution is 2.46. The largest absolute Gasteiger partial charge is 0.370 e. The molecule has 110 valence electrons. The molecule has 0 aromatic heterocycles. The first-order chi connectivity index (χ1) is 9.28. The summed E-state index contributed by atoms with van der Waals surface area (Å²) in [5, 5.41) is 3.01. The highest BCUT2D eigenvalue weighted by molar-refractivity contribution is 7.90. The van der Waals surface area contributed by atoms with Gasteiger partial charge in [-0.1, -0.05) is 17.7 Å². The highest BCUT2D eigenvalue weighted by Gasteiger charge is 2.45. The Balaban J connectivity index is 1.93. The van der Waals surface area contributed by atoms with Crippen molar-refractivity contribution in [3.8, 4) is 0 Å². The molecule has 0 amide bonds. The van der Waals surface area contributed by atoms with Gasteiger partial charge in [0.2, 0.25) is 0 Å². The van der Waals surface area contributed by atoms with Gasteiger partial charge in [0.05, 0.1) is 5.75 Å². The Kier molecular flexibility index (Phi) is 4.04. The topological polar surface area (TPSA) is 84.5 Å². The van der Waals surface area contributed by atoms with Gasteiger partial charge in [-0.05, 0) is 31.9 Å². The summed E-state index contributed by atoms with van der Waals surface area (Å²) in [5.41, 5.74) is 7.70. The highest BCUT2D eigenvalue weighted by atomic mass is 32.2. The number of sulfone groups is 1. The molecule has 1 aromatic rings. The van der Waals surface area contributed by atoms with Crippen LogP contribution in [-0.4, -0.2) is 32.9 Å². The number of aliphatic imine (C=N–C) groups is 1. The summed E-state index contributed by atoms with van der Waals surface area (Å²) in [6, 6.07) is 7.84. The Labute approximate surface area is 120 Å². The van der Waals surface area contributed by atoms with E-state index in [2.05, 4.69) is 10.3 Å². The lowest BCUT2D eigenvalue weighted by atomic mass is 10.1. The number of hydrogen-bond donors (Lipinski definition) is 2. The predicted molar refractivity (Wildman–Crippen MR) is 82.7 cm³/mol. The first kappa shape index (κ1) is 14.8. The number of hydrogen-bond acceptors (Lipinski definition) is 3. The maximum atomic E-state index is 11.4. The van der Waals surface area contributed by atoms with E-state index in [0.717, 1.165) is 18.5 Å². The van der Waals surface area contributed by atoms with Gasteiger partial charge in [-0.15, -0.1) is 0 Å². The van der Waals surface area contributed by atoms with Crippen molar-refractivity contribution in [3.05, 3.63) is 29.8 Å². The van der Waals surface area contributed by atoms with Gasteiger partial charge in [-0.3, -0.25) is 4.99 Å². The van der Waals surface area contributed by atoms with Crippen molar-refractivity contribution in [2.75, 3.05) is 23.9 Å². The molecule has 1 fully saturated rings. The Morgan fingerprint density at radius 2 is 1.95 bits per heavy atom. The minimum absolute atomic E-state index is 0.187. The average molecular weight is 295 g/mol. The molecule has 1 aliphatic rings. The second-order valence-corrected chi connectivity index (χ2v) is 7.90. The summed E-state index contributed by atoms with van der Waals surface area (Å²) in [4.78, 5) is 4.28. The van der Waals surface area contributed by atoms with E-state index < -0.39 is 9.84 Å². The molecule has 2 rings (SSSR count). The Bertz CT molecular complexity index is 602. The molecule has 3 N–H and O–H groups in total. The van der Waals surface area contributed by atoms with Crippen LogP contribution in [0.3, 0.4) is 0 Å². The third kappa shape index (κ3) is 4.52. The molecule has 0 unspecified atom stereocenters. The van der Waals surface area contributed by atoms with Gasteiger partial charge in [0.25, 0.3) is 0 Å². The molecule has 1 aliphatic carbocycles. The maximum absolute atomic E-state index is 11.4. The second-order valence-electron chi connectivity index (χ2n) is 5.76. The molecule has 0 heterocycles. The number of nitrogens with one attached hydrogen (secondary N) is 1. The SMILES string of the molecule is Cc1ccc(NC(N)=NCC2(CS(C)(=O)=O)CC2)cc1. The van der Waals surface area contributed by atoms with Crippen LogP contribution in [0, 0.1) is 12.3 Å². The van der Waals surface area contributed by atoms with Crippen molar-refractivity contribution >= 4 is 21.5 Å². The monoisotopic (exact) mass is 295 g/mol. The Morgan fingerprint density at radius 3 is 2.45 bits per heavy atom. The van der Waals surface area contributed by atoms with E-state index in [4.69, 9.17) is 5.73 Å². The van der Waals surface area contributed by atoms with E-state index in [9.17, 15) is 8.42 Å². The fourth-order valence-electron chi connectivity index (χ4n) is 2.16. The van der Waals surface area contributed by atoms with Gasteiger partial charge in [0.1, 0.15) is 9.84 Å². The van der Waals surface area contributed by atoms with E-state index in [0.29, 0.717) is 12.5 Å². The van der Waals surface area contributed by atoms with Crippen molar-refractivity contribution in [2.24, 2.45) is 16.1 Å². The number of guanidine groups is 1. The maximum Gasteiger partial charge on any atom is 0.193 e. The van der Waals surface area contributed by atoms with Crippen LogP contribution in [0.1, 0.15) is 18.4 Å². The van der Waals surface area contributed by atoms with Crippen molar-refractivity contribution in [2.45, 2.75) is 19.8 Å². The first-order valence-corrected chi connectivity index (χ1v) is 8.65. The lowest BCUT2D eigenvalue weighted by molar-refractivity contribution is 0.552. The zero-order valence-electron chi connectivity index (χ0n) is 11.9. The quantitative estimate of drug-likeness (QED) is 0.637. The number of rotatable bonds is 5. The molecule has 0 bridgehead atoms. The van der Waals surface area contributed by atoms with Crippen LogP contribution in [0.4, 0.5) is 5.69 Å². The molecule has 0 saturated heterocycles. The van der Waals surface area contributed by atoms with Crippen LogP contribution in [0.2, 0.25) is 0 Å². The predicted octanol–water partition coefficient (Wildman–Crippen LogP) is 1.55. The Hall–Kier alpha value is -1.56. The summed E-state index contributed by atoms with van der Waals surface area (Å²) < 4.78 is 22.7. The number of benzene rings is 1. The van der Waals surface area contributed by atoms with Crippen LogP contribution in [0.5, 0.6) is 0 Å². The van der Waals surface area contributed by atoms with Gasteiger partial charge in [0.15, 0.2) is 5.96 Å². The van der Waals surface area contributed by atoms with E-state index in [1.165, 1.54) is 11.8 Å². The first-order valence-electron chi connectivity index (χ1n) is 6.59. The van der Waals surface area contributed by atoms with Gasteiger partial charge >= 0.3 is 0 Å².